The molecule has 0 bridgehead atoms. The van der Waals surface area contributed by atoms with E-state index in [-0.39, 0.29) is 33.2 Å². The van der Waals surface area contributed by atoms with Gasteiger partial charge >= 0.3 is 0 Å². The van der Waals surface area contributed by atoms with Gasteiger partial charge in [-0.1, -0.05) is 23.2 Å². The molecule has 3 aromatic heterocycles. The Labute approximate surface area is 187 Å². The molecule has 0 radical (unpaired) electrons. The largest absolute Gasteiger partial charge is 0.343 e. The number of hydrogen-bond acceptors (Lipinski definition) is 5. The summed E-state index contributed by atoms with van der Waals surface area (Å²) < 4.78 is 1.86. The average Bonchev–Trinajstić information content (AvgIpc) is 2.77. The van der Waals surface area contributed by atoms with Crippen LogP contribution < -0.4 is 10.7 Å². The molecule has 3 aromatic rings. The lowest BCUT2D eigenvalue weighted by atomic mass is 10.0. The Morgan fingerprint density at radius 2 is 1.84 bits per heavy atom. The van der Waals surface area contributed by atoms with Crippen molar-refractivity contribution in [2.75, 3.05) is 18.4 Å². The molecule has 4 heterocycles. The van der Waals surface area contributed by atoms with Crippen LogP contribution in [0.1, 0.15) is 36.2 Å². The van der Waals surface area contributed by atoms with Crippen molar-refractivity contribution in [1.82, 2.24) is 19.4 Å². The number of carbonyl (C=O) groups excluding carboxylic acids is 2. The van der Waals surface area contributed by atoms with Crippen LogP contribution in [-0.2, 0) is 4.79 Å². The summed E-state index contributed by atoms with van der Waals surface area (Å²) in [6.45, 7) is 2.75. The first kappa shape index (κ1) is 21.3. The molecule has 160 valence electrons. The first-order valence-electron chi connectivity index (χ1n) is 9.72. The van der Waals surface area contributed by atoms with Crippen LogP contribution in [0.3, 0.4) is 0 Å². The Morgan fingerprint density at radius 3 is 2.48 bits per heavy atom. The van der Waals surface area contributed by atoms with Gasteiger partial charge in [0.1, 0.15) is 11.2 Å². The molecule has 1 saturated heterocycles. The molecule has 0 saturated carbocycles. The fourth-order valence-corrected chi connectivity index (χ4v) is 4.25. The summed E-state index contributed by atoms with van der Waals surface area (Å²) in [6, 6.07) is 3.30. The van der Waals surface area contributed by atoms with Crippen molar-refractivity contribution in [1.29, 1.82) is 0 Å². The molecular formula is C21H19Cl2N5O3. The molecule has 0 unspecified atom stereocenters. The molecule has 2 amide bonds. The number of pyridine rings is 3. The van der Waals surface area contributed by atoms with Gasteiger partial charge in [-0.3, -0.25) is 19.4 Å². The van der Waals surface area contributed by atoms with Crippen molar-refractivity contribution in [2.24, 2.45) is 0 Å². The molecule has 0 spiro atoms. The minimum atomic E-state index is -0.624. The Hall–Kier alpha value is -2.97. The number of carbonyl (C=O) groups is 2. The van der Waals surface area contributed by atoms with Gasteiger partial charge in [0.05, 0.1) is 21.1 Å². The molecule has 31 heavy (non-hydrogen) atoms. The van der Waals surface area contributed by atoms with E-state index in [1.165, 1.54) is 18.6 Å². The molecular weight excluding hydrogens is 441 g/mol. The number of amides is 2. The molecule has 0 aliphatic carbocycles. The molecule has 0 aromatic carbocycles. The number of nitrogens with zero attached hydrogens (tertiary/aromatic N) is 4. The van der Waals surface area contributed by atoms with Gasteiger partial charge in [-0.25, -0.2) is 4.98 Å². The van der Waals surface area contributed by atoms with Gasteiger partial charge in [0.2, 0.25) is 11.3 Å². The van der Waals surface area contributed by atoms with Crippen LogP contribution in [0, 0.1) is 0 Å². The molecule has 10 heteroatoms. The summed E-state index contributed by atoms with van der Waals surface area (Å²) in [4.78, 5) is 47.8. The fourth-order valence-electron chi connectivity index (χ4n) is 3.79. The number of nitrogens with one attached hydrogen (secondary N) is 1. The predicted molar refractivity (Wildman–Crippen MR) is 119 cm³/mol. The second kappa shape index (κ2) is 8.64. The van der Waals surface area contributed by atoms with Gasteiger partial charge in [-0.15, -0.1) is 0 Å². The summed E-state index contributed by atoms with van der Waals surface area (Å²) in [6.07, 6.45) is 7.24. The van der Waals surface area contributed by atoms with Crippen LogP contribution in [0.25, 0.3) is 11.0 Å². The van der Waals surface area contributed by atoms with E-state index in [9.17, 15) is 14.4 Å². The van der Waals surface area contributed by atoms with Gasteiger partial charge < -0.3 is 14.8 Å². The Kier molecular flexibility index (Phi) is 5.93. The molecule has 1 aliphatic rings. The zero-order chi connectivity index (χ0) is 22.1. The van der Waals surface area contributed by atoms with Crippen LogP contribution in [-0.4, -0.2) is 44.3 Å². The number of rotatable bonds is 3. The smallest absolute Gasteiger partial charge is 0.261 e. The lowest BCUT2D eigenvalue weighted by molar-refractivity contribution is -0.130. The standard InChI is InChI=1S/C21H19Cl2N5O3/c1-12(29)27-7-4-13(5-8-27)28-11-15(19(30)14-3-2-6-25-20(14)28)21(31)26-18-16(22)9-24-10-17(18)23/h2-3,6,9-11,13H,4-5,7-8H2,1H3,(H,24,26,31). The maximum atomic E-state index is 13.1. The van der Waals surface area contributed by atoms with E-state index in [1.54, 1.807) is 30.2 Å². The number of piperidine rings is 1. The number of fused-ring (bicyclic) bond motifs is 1. The highest BCUT2D eigenvalue weighted by atomic mass is 35.5. The van der Waals surface area contributed by atoms with E-state index < -0.39 is 11.3 Å². The second-order valence-corrected chi connectivity index (χ2v) is 8.14. The minimum Gasteiger partial charge on any atom is -0.343 e. The van der Waals surface area contributed by atoms with Crippen LogP contribution in [0.15, 0.2) is 41.7 Å². The Bertz CT molecular complexity index is 1220. The van der Waals surface area contributed by atoms with Crippen molar-refractivity contribution >= 4 is 51.7 Å². The van der Waals surface area contributed by atoms with Crippen LogP contribution in [0.4, 0.5) is 5.69 Å². The third kappa shape index (κ3) is 4.13. The van der Waals surface area contributed by atoms with E-state index in [2.05, 4.69) is 15.3 Å². The summed E-state index contributed by atoms with van der Waals surface area (Å²) in [5.41, 5.74) is 0.221. The Balaban J connectivity index is 1.75. The van der Waals surface area contributed by atoms with Crippen LogP contribution in [0.2, 0.25) is 10.0 Å². The predicted octanol–water partition coefficient (Wildman–Crippen LogP) is 3.53. The summed E-state index contributed by atoms with van der Waals surface area (Å²) in [5.74, 6) is -0.590. The van der Waals surface area contributed by atoms with E-state index in [0.717, 1.165) is 0 Å². The van der Waals surface area contributed by atoms with E-state index in [1.807, 2.05) is 4.57 Å². The molecule has 8 nitrogen and oxygen atoms in total. The summed E-state index contributed by atoms with van der Waals surface area (Å²) >= 11 is 12.2. The number of halogens is 2. The second-order valence-electron chi connectivity index (χ2n) is 7.32. The third-order valence-corrected chi connectivity index (χ3v) is 6.00. The van der Waals surface area contributed by atoms with E-state index in [4.69, 9.17) is 23.2 Å². The number of anilines is 1. The number of aromatic nitrogens is 3. The highest BCUT2D eigenvalue weighted by Crippen LogP contribution is 2.30. The molecule has 1 N–H and O–H groups in total. The lowest BCUT2D eigenvalue weighted by Gasteiger charge is -2.33. The average molecular weight is 460 g/mol. The summed E-state index contributed by atoms with van der Waals surface area (Å²) in [7, 11) is 0. The monoisotopic (exact) mass is 459 g/mol. The maximum absolute atomic E-state index is 13.1. The number of hydrogen-bond donors (Lipinski definition) is 1. The first-order chi connectivity index (χ1) is 14.9. The lowest BCUT2D eigenvalue weighted by Crippen LogP contribution is -2.38. The van der Waals surface area contributed by atoms with Crippen molar-refractivity contribution < 1.29 is 9.59 Å². The normalized spacial score (nSPS) is 14.6. The fraction of sp³-hybridized carbons (Fsp3) is 0.286. The third-order valence-electron chi connectivity index (χ3n) is 5.43. The number of likely N-dealkylation sites (tertiary alicyclic amines) is 1. The van der Waals surface area contributed by atoms with Crippen molar-refractivity contribution in [2.45, 2.75) is 25.8 Å². The highest BCUT2D eigenvalue weighted by Gasteiger charge is 2.25. The molecule has 1 fully saturated rings. The summed E-state index contributed by atoms with van der Waals surface area (Å²) in [5, 5.41) is 3.30. The van der Waals surface area contributed by atoms with Crippen molar-refractivity contribution in [3.8, 4) is 0 Å². The first-order valence-corrected chi connectivity index (χ1v) is 10.5. The van der Waals surface area contributed by atoms with Crippen molar-refractivity contribution in [3.05, 3.63) is 62.8 Å². The van der Waals surface area contributed by atoms with Gasteiger partial charge in [0, 0.05) is 50.8 Å². The minimum absolute atomic E-state index is 0.00625. The zero-order valence-electron chi connectivity index (χ0n) is 16.6. The van der Waals surface area contributed by atoms with Crippen molar-refractivity contribution in [3.63, 3.8) is 0 Å². The molecule has 1 aliphatic heterocycles. The highest BCUT2D eigenvalue weighted by molar-refractivity contribution is 6.39. The molecule has 4 rings (SSSR count). The van der Waals surface area contributed by atoms with Gasteiger partial charge in [0.15, 0.2) is 0 Å². The Morgan fingerprint density at radius 1 is 1.16 bits per heavy atom. The SMILES string of the molecule is CC(=O)N1CCC(n2cc(C(=O)Nc3c(Cl)cncc3Cl)c(=O)c3cccnc32)CC1. The van der Waals surface area contributed by atoms with Gasteiger partial charge in [0.25, 0.3) is 5.91 Å². The van der Waals surface area contributed by atoms with E-state index >= 15 is 0 Å². The van der Waals surface area contributed by atoms with Gasteiger partial charge in [-0.05, 0) is 25.0 Å². The topological polar surface area (TPSA) is 97.2 Å². The quantitative estimate of drug-likeness (QED) is 0.645. The van der Waals surface area contributed by atoms with E-state index in [0.29, 0.717) is 37.0 Å². The van der Waals surface area contributed by atoms with Gasteiger partial charge in [-0.2, -0.15) is 0 Å². The maximum Gasteiger partial charge on any atom is 0.261 e. The zero-order valence-corrected chi connectivity index (χ0v) is 18.2. The van der Waals surface area contributed by atoms with Crippen LogP contribution in [0.5, 0.6) is 0 Å². The van der Waals surface area contributed by atoms with Crippen LogP contribution >= 0.6 is 23.2 Å². The molecule has 0 atom stereocenters.